The summed E-state index contributed by atoms with van der Waals surface area (Å²) in [4.78, 5) is 4.27. The van der Waals surface area contributed by atoms with Crippen molar-refractivity contribution in [2.24, 2.45) is 0 Å². The van der Waals surface area contributed by atoms with Crippen LogP contribution in [0, 0.1) is 0 Å². The van der Waals surface area contributed by atoms with Gasteiger partial charge >= 0.3 is 0 Å². The van der Waals surface area contributed by atoms with Crippen LogP contribution in [-0.2, 0) is 18.1 Å². The highest BCUT2D eigenvalue weighted by Crippen LogP contribution is 2.18. The zero-order valence-corrected chi connectivity index (χ0v) is 13.2. The van der Waals surface area contributed by atoms with Crippen LogP contribution in [-0.4, -0.2) is 34.5 Å². The smallest absolute Gasteiger partial charge is 0.164 e. The molecule has 0 aliphatic rings. The minimum atomic E-state index is -1.09. The minimum absolute atomic E-state index is 0.0811. The number of hydrogen-bond acceptors (Lipinski definition) is 5. The number of ether oxygens (including phenoxy) is 1. The molecule has 0 aliphatic carbocycles. The summed E-state index contributed by atoms with van der Waals surface area (Å²) in [5.74, 6) is 0.649. The van der Waals surface area contributed by atoms with Crippen molar-refractivity contribution >= 4 is 8.07 Å². The highest BCUT2D eigenvalue weighted by molar-refractivity contribution is 6.76. The van der Waals surface area contributed by atoms with Crippen LogP contribution in [0.2, 0.25) is 25.7 Å². The molecule has 0 bridgehead atoms. The SMILES string of the molecule is C[Si](C)(C)CCOCn1c(CO)cnc1-c1ccon1. The zero-order chi connectivity index (χ0) is 14.6. The maximum atomic E-state index is 9.36. The first-order valence-corrected chi connectivity index (χ1v) is 10.4. The zero-order valence-electron chi connectivity index (χ0n) is 12.2. The van der Waals surface area contributed by atoms with Gasteiger partial charge in [-0.2, -0.15) is 0 Å². The van der Waals surface area contributed by atoms with Crippen LogP contribution in [0.4, 0.5) is 0 Å². The summed E-state index contributed by atoms with van der Waals surface area (Å²) >= 11 is 0. The molecule has 6 nitrogen and oxygen atoms in total. The fraction of sp³-hybridized carbons (Fsp3) is 0.538. The first-order valence-electron chi connectivity index (χ1n) is 6.65. The van der Waals surface area contributed by atoms with Crippen molar-refractivity contribution in [3.63, 3.8) is 0 Å². The molecule has 0 unspecified atom stereocenters. The number of imidazole rings is 1. The second-order valence-corrected chi connectivity index (χ2v) is 11.5. The van der Waals surface area contributed by atoms with Crippen LogP contribution in [0.3, 0.4) is 0 Å². The van der Waals surface area contributed by atoms with Gasteiger partial charge in [0, 0.05) is 20.7 Å². The Balaban J connectivity index is 2.04. The van der Waals surface area contributed by atoms with Gasteiger partial charge in [-0.1, -0.05) is 24.8 Å². The third kappa shape index (κ3) is 3.78. The van der Waals surface area contributed by atoms with Gasteiger partial charge in [-0.3, -0.25) is 0 Å². The maximum Gasteiger partial charge on any atom is 0.164 e. The fourth-order valence-corrected chi connectivity index (χ4v) is 2.50. The molecule has 7 heteroatoms. The van der Waals surface area contributed by atoms with E-state index in [9.17, 15) is 5.11 Å². The molecule has 0 fully saturated rings. The second-order valence-electron chi connectivity index (χ2n) is 5.89. The third-order valence-corrected chi connectivity index (χ3v) is 4.69. The average molecular weight is 295 g/mol. The van der Waals surface area contributed by atoms with Crippen molar-refractivity contribution in [3.05, 3.63) is 24.2 Å². The molecule has 0 atom stereocenters. The van der Waals surface area contributed by atoms with Crippen molar-refractivity contribution in [2.75, 3.05) is 6.61 Å². The summed E-state index contributed by atoms with van der Waals surface area (Å²) in [7, 11) is -1.09. The molecule has 0 spiro atoms. The van der Waals surface area contributed by atoms with E-state index in [1.165, 1.54) is 6.26 Å². The Morgan fingerprint density at radius 3 is 2.80 bits per heavy atom. The Labute approximate surface area is 119 Å². The van der Waals surface area contributed by atoms with E-state index in [2.05, 4.69) is 29.8 Å². The predicted octanol–water partition coefficient (Wildman–Crippen LogP) is 2.34. The molecular formula is C13H21N3O3Si. The summed E-state index contributed by atoms with van der Waals surface area (Å²) in [6.45, 7) is 7.94. The molecule has 0 radical (unpaired) electrons. The Hall–Kier alpha value is -1.44. The standard InChI is InChI=1S/C13H21N3O3Si/c1-20(2,3)7-6-18-10-16-11(9-17)8-14-13(16)12-4-5-19-15-12/h4-5,8,17H,6-7,9-10H2,1-3H3. The molecule has 0 saturated heterocycles. The Kier molecular flexibility index (Phi) is 4.74. The van der Waals surface area contributed by atoms with Gasteiger partial charge in [-0.05, 0) is 6.04 Å². The van der Waals surface area contributed by atoms with E-state index in [1.54, 1.807) is 12.3 Å². The van der Waals surface area contributed by atoms with Gasteiger partial charge in [0.1, 0.15) is 18.7 Å². The van der Waals surface area contributed by atoms with Crippen LogP contribution >= 0.6 is 0 Å². The van der Waals surface area contributed by atoms with Crippen LogP contribution in [0.15, 0.2) is 23.0 Å². The van der Waals surface area contributed by atoms with E-state index < -0.39 is 8.07 Å². The van der Waals surface area contributed by atoms with Crippen LogP contribution in [0.1, 0.15) is 5.69 Å². The van der Waals surface area contributed by atoms with E-state index in [1.807, 2.05) is 4.57 Å². The van der Waals surface area contributed by atoms with Crippen molar-refractivity contribution in [1.29, 1.82) is 0 Å². The Morgan fingerprint density at radius 2 is 2.20 bits per heavy atom. The number of rotatable bonds is 7. The summed E-state index contributed by atoms with van der Waals surface area (Å²) < 4.78 is 12.4. The quantitative estimate of drug-likeness (QED) is 0.627. The Morgan fingerprint density at radius 1 is 1.40 bits per heavy atom. The number of aromatic nitrogens is 3. The first-order chi connectivity index (χ1) is 9.51. The normalized spacial score (nSPS) is 12.0. The van der Waals surface area contributed by atoms with Crippen molar-refractivity contribution < 1.29 is 14.4 Å². The molecule has 2 aromatic heterocycles. The van der Waals surface area contributed by atoms with Crippen LogP contribution < -0.4 is 0 Å². The molecule has 2 heterocycles. The lowest BCUT2D eigenvalue weighted by Crippen LogP contribution is -2.22. The van der Waals surface area contributed by atoms with Gasteiger partial charge < -0.3 is 18.9 Å². The molecule has 20 heavy (non-hydrogen) atoms. The van der Waals surface area contributed by atoms with E-state index in [0.717, 1.165) is 12.7 Å². The second kappa shape index (κ2) is 6.34. The lowest BCUT2D eigenvalue weighted by Gasteiger charge is -2.16. The monoisotopic (exact) mass is 295 g/mol. The molecule has 0 aliphatic heterocycles. The largest absolute Gasteiger partial charge is 0.390 e. The van der Waals surface area contributed by atoms with Crippen molar-refractivity contribution in [2.45, 2.75) is 39.0 Å². The van der Waals surface area contributed by atoms with E-state index in [-0.39, 0.29) is 6.61 Å². The van der Waals surface area contributed by atoms with Crippen LogP contribution in [0.5, 0.6) is 0 Å². The van der Waals surface area contributed by atoms with Crippen molar-refractivity contribution in [1.82, 2.24) is 14.7 Å². The number of nitrogens with zero attached hydrogens (tertiary/aromatic N) is 3. The third-order valence-electron chi connectivity index (χ3n) is 2.98. The van der Waals surface area contributed by atoms with E-state index in [4.69, 9.17) is 9.26 Å². The molecule has 1 N–H and O–H groups in total. The highest BCUT2D eigenvalue weighted by Gasteiger charge is 2.15. The summed E-state index contributed by atoms with van der Waals surface area (Å²) in [6, 6.07) is 2.84. The molecular weight excluding hydrogens is 274 g/mol. The maximum absolute atomic E-state index is 9.36. The minimum Gasteiger partial charge on any atom is -0.390 e. The molecule has 110 valence electrons. The molecule has 0 amide bonds. The number of hydrogen-bond donors (Lipinski definition) is 1. The highest BCUT2D eigenvalue weighted by atomic mass is 28.3. The lowest BCUT2D eigenvalue weighted by atomic mass is 10.4. The fourth-order valence-electron chi connectivity index (χ4n) is 1.75. The van der Waals surface area contributed by atoms with Gasteiger partial charge in [-0.15, -0.1) is 0 Å². The average Bonchev–Trinajstić information content (AvgIpc) is 3.01. The van der Waals surface area contributed by atoms with Gasteiger partial charge in [0.15, 0.2) is 5.82 Å². The van der Waals surface area contributed by atoms with E-state index in [0.29, 0.717) is 23.9 Å². The molecule has 0 saturated carbocycles. The van der Waals surface area contributed by atoms with Gasteiger partial charge in [0.2, 0.25) is 0 Å². The number of aliphatic hydroxyl groups excluding tert-OH is 1. The van der Waals surface area contributed by atoms with Gasteiger partial charge in [0.25, 0.3) is 0 Å². The molecule has 2 aromatic rings. The van der Waals surface area contributed by atoms with E-state index >= 15 is 0 Å². The lowest BCUT2D eigenvalue weighted by molar-refractivity contribution is 0.0833. The number of aliphatic hydroxyl groups is 1. The predicted molar refractivity (Wildman–Crippen MR) is 77.8 cm³/mol. The molecule has 0 aromatic carbocycles. The van der Waals surface area contributed by atoms with Gasteiger partial charge in [-0.25, -0.2) is 4.98 Å². The summed E-state index contributed by atoms with van der Waals surface area (Å²) in [5.41, 5.74) is 1.34. The van der Waals surface area contributed by atoms with Crippen molar-refractivity contribution in [3.8, 4) is 11.5 Å². The summed E-state index contributed by atoms with van der Waals surface area (Å²) in [5, 5.41) is 13.2. The molecule has 2 rings (SSSR count). The van der Waals surface area contributed by atoms with Gasteiger partial charge in [0.05, 0.1) is 18.5 Å². The first kappa shape index (κ1) is 15.0. The topological polar surface area (TPSA) is 73.3 Å². The van der Waals surface area contributed by atoms with Crippen LogP contribution in [0.25, 0.3) is 11.5 Å². The summed E-state index contributed by atoms with van der Waals surface area (Å²) in [6.07, 6.45) is 3.13. The Bertz CT molecular complexity index is 532.